The maximum Gasteiger partial charge on any atom is 0.341 e. The lowest BCUT2D eigenvalue weighted by Crippen LogP contribution is -2.16. The van der Waals surface area contributed by atoms with Crippen LogP contribution < -0.4 is 10.6 Å². The number of carbonyl (C=O) groups is 2. The standard InChI is InChI=1S/C16H20N4O4S3/c1-23-7-6-17-15-19-20-16(27-15)25-8-11(21)18-13-12(14(22)24-2)9-4-3-5-10(9)26-13/h3-8H2,1-2H3,(H,17,19)(H,18,21). The maximum absolute atomic E-state index is 12.3. The molecular weight excluding hydrogens is 408 g/mol. The van der Waals surface area contributed by atoms with Gasteiger partial charge in [0, 0.05) is 18.5 Å². The summed E-state index contributed by atoms with van der Waals surface area (Å²) in [4.78, 5) is 25.6. The zero-order chi connectivity index (χ0) is 19.2. The van der Waals surface area contributed by atoms with E-state index in [0.717, 1.165) is 29.7 Å². The molecule has 3 rings (SSSR count). The molecule has 2 N–H and O–H groups in total. The third-order valence-corrected chi connectivity index (χ3v) is 7.10. The van der Waals surface area contributed by atoms with Gasteiger partial charge in [0.1, 0.15) is 5.00 Å². The Kier molecular flexibility index (Phi) is 7.05. The summed E-state index contributed by atoms with van der Waals surface area (Å²) in [6.07, 6.45) is 2.83. The molecule has 8 nitrogen and oxygen atoms in total. The second kappa shape index (κ2) is 9.49. The van der Waals surface area contributed by atoms with E-state index < -0.39 is 5.97 Å². The van der Waals surface area contributed by atoms with Gasteiger partial charge in [-0.15, -0.1) is 21.5 Å². The molecule has 0 unspecified atom stereocenters. The number of methoxy groups -OCH3 is 2. The number of anilines is 2. The van der Waals surface area contributed by atoms with Gasteiger partial charge in [-0.2, -0.15) is 0 Å². The van der Waals surface area contributed by atoms with Crippen LogP contribution in [0.5, 0.6) is 0 Å². The Hall–Kier alpha value is -1.69. The number of carbonyl (C=O) groups excluding carboxylic acids is 2. The molecule has 146 valence electrons. The number of esters is 1. The lowest BCUT2D eigenvalue weighted by molar-refractivity contribution is -0.113. The van der Waals surface area contributed by atoms with E-state index in [1.165, 1.54) is 41.5 Å². The molecule has 0 bridgehead atoms. The Morgan fingerprint density at radius 1 is 1.22 bits per heavy atom. The minimum atomic E-state index is -0.395. The summed E-state index contributed by atoms with van der Waals surface area (Å²) in [6, 6.07) is 0. The van der Waals surface area contributed by atoms with Gasteiger partial charge in [-0.25, -0.2) is 4.79 Å². The zero-order valence-electron chi connectivity index (χ0n) is 15.0. The van der Waals surface area contributed by atoms with Crippen LogP contribution in [-0.4, -0.2) is 55.2 Å². The van der Waals surface area contributed by atoms with Crippen LogP contribution in [0.25, 0.3) is 0 Å². The highest BCUT2D eigenvalue weighted by Crippen LogP contribution is 2.39. The fourth-order valence-electron chi connectivity index (χ4n) is 2.70. The number of thiophene rings is 1. The quantitative estimate of drug-likeness (QED) is 0.357. The number of thioether (sulfide) groups is 1. The Morgan fingerprint density at radius 2 is 2.07 bits per heavy atom. The van der Waals surface area contributed by atoms with Gasteiger partial charge in [-0.05, 0) is 24.8 Å². The van der Waals surface area contributed by atoms with Gasteiger partial charge in [-0.3, -0.25) is 4.79 Å². The van der Waals surface area contributed by atoms with Crippen molar-refractivity contribution in [1.82, 2.24) is 10.2 Å². The van der Waals surface area contributed by atoms with Crippen molar-refractivity contribution < 1.29 is 19.1 Å². The smallest absolute Gasteiger partial charge is 0.341 e. The van der Waals surface area contributed by atoms with E-state index in [2.05, 4.69) is 20.8 Å². The number of fused-ring (bicyclic) bond motifs is 1. The fraction of sp³-hybridized carbons (Fsp3) is 0.500. The Morgan fingerprint density at radius 3 is 2.85 bits per heavy atom. The molecule has 0 atom stereocenters. The molecule has 1 aliphatic carbocycles. The first-order valence-corrected chi connectivity index (χ1v) is 11.0. The molecule has 11 heteroatoms. The molecule has 2 aromatic heterocycles. The molecule has 0 aliphatic heterocycles. The average molecular weight is 429 g/mol. The first-order chi connectivity index (χ1) is 13.1. The van der Waals surface area contributed by atoms with Crippen LogP contribution in [0.1, 0.15) is 27.2 Å². The highest BCUT2D eigenvalue weighted by atomic mass is 32.2. The Labute approximate surface area is 169 Å². The van der Waals surface area contributed by atoms with Crippen LogP contribution in [0.3, 0.4) is 0 Å². The monoisotopic (exact) mass is 428 g/mol. The number of aromatic nitrogens is 2. The Bertz CT molecular complexity index is 821. The van der Waals surface area contributed by atoms with Gasteiger partial charge in [0.25, 0.3) is 0 Å². The van der Waals surface area contributed by atoms with E-state index in [1.54, 1.807) is 7.11 Å². The van der Waals surface area contributed by atoms with Crippen molar-refractivity contribution in [2.75, 3.05) is 43.8 Å². The summed E-state index contributed by atoms with van der Waals surface area (Å²) in [7, 11) is 2.99. The molecule has 0 aromatic carbocycles. The summed E-state index contributed by atoms with van der Waals surface area (Å²) >= 11 is 4.16. The minimum absolute atomic E-state index is 0.186. The number of rotatable bonds is 9. The third kappa shape index (κ3) is 4.98. The van der Waals surface area contributed by atoms with E-state index in [1.807, 2.05) is 0 Å². The van der Waals surface area contributed by atoms with Crippen LogP contribution in [0.2, 0.25) is 0 Å². The molecule has 0 saturated heterocycles. The van der Waals surface area contributed by atoms with Crippen molar-refractivity contribution in [3.63, 3.8) is 0 Å². The zero-order valence-corrected chi connectivity index (χ0v) is 17.4. The first kappa shape index (κ1) is 20.1. The SMILES string of the molecule is COCCNc1nnc(SCC(=O)Nc2sc3c(c2C(=O)OC)CCC3)s1. The lowest BCUT2D eigenvalue weighted by atomic mass is 10.1. The fourth-order valence-corrected chi connectivity index (χ4v) is 5.57. The van der Waals surface area contributed by atoms with Crippen LogP contribution in [0.4, 0.5) is 10.1 Å². The molecule has 2 heterocycles. The van der Waals surface area contributed by atoms with E-state index in [4.69, 9.17) is 9.47 Å². The highest BCUT2D eigenvalue weighted by Gasteiger charge is 2.28. The summed E-state index contributed by atoms with van der Waals surface area (Å²) in [6.45, 7) is 1.23. The molecule has 0 spiro atoms. The van der Waals surface area contributed by atoms with Gasteiger partial charge in [-0.1, -0.05) is 23.1 Å². The van der Waals surface area contributed by atoms with Crippen molar-refractivity contribution in [3.8, 4) is 0 Å². The van der Waals surface area contributed by atoms with Crippen LogP contribution >= 0.6 is 34.4 Å². The van der Waals surface area contributed by atoms with Gasteiger partial charge in [0.15, 0.2) is 4.34 Å². The summed E-state index contributed by atoms with van der Waals surface area (Å²) < 4.78 is 10.6. The normalized spacial score (nSPS) is 12.7. The number of nitrogens with one attached hydrogen (secondary N) is 2. The molecule has 0 saturated carbocycles. The second-order valence-corrected chi connectivity index (χ2v) is 8.99. The maximum atomic E-state index is 12.3. The van der Waals surface area contributed by atoms with Gasteiger partial charge >= 0.3 is 5.97 Å². The number of hydrogen-bond acceptors (Lipinski definition) is 10. The molecule has 0 fully saturated rings. The minimum Gasteiger partial charge on any atom is -0.465 e. The summed E-state index contributed by atoms with van der Waals surface area (Å²) in [5.74, 6) is -0.391. The average Bonchev–Trinajstić information content (AvgIpc) is 3.36. The predicted molar refractivity (Wildman–Crippen MR) is 107 cm³/mol. The number of ether oxygens (including phenoxy) is 2. The topological polar surface area (TPSA) is 102 Å². The van der Waals surface area contributed by atoms with Crippen molar-refractivity contribution in [1.29, 1.82) is 0 Å². The lowest BCUT2D eigenvalue weighted by Gasteiger charge is -2.06. The van der Waals surface area contributed by atoms with Crippen LogP contribution in [0.15, 0.2) is 4.34 Å². The second-order valence-electron chi connectivity index (χ2n) is 5.68. The molecule has 1 aliphatic rings. The molecule has 27 heavy (non-hydrogen) atoms. The number of aryl methyl sites for hydroxylation is 1. The predicted octanol–water partition coefficient (Wildman–Crippen LogP) is 2.66. The van der Waals surface area contributed by atoms with Gasteiger partial charge < -0.3 is 20.1 Å². The third-order valence-electron chi connectivity index (χ3n) is 3.88. The molecule has 0 radical (unpaired) electrons. The first-order valence-electron chi connectivity index (χ1n) is 8.34. The highest BCUT2D eigenvalue weighted by molar-refractivity contribution is 8.01. The van der Waals surface area contributed by atoms with E-state index in [-0.39, 0.29) is 11.7 Å². The van der Waals surface area contributed by atoms with E-state index in [0.29, 0.717) is 33.2 Å². The molecular formula is C16H20N4O4S3. The van der Waals surface area contributed by atoms with Crippen molar-refractivity contribution >= 4 is 56.4 Å². The largest absolute Gasteiger partial charge is 0.465 e. The van der Waals surface area contributed by atoms with Gasteiger partial charge in [0.05, 0.1) is 25.0 Å². The molecule has 1 amide bonds. The Balaban J connectivity index is 1.56. The number of nitrogens with zero attached hydrogens (tertiary/aromatic N) is 2. The van der Waals surface area contributed by atoms with Crippen molar-refractivity contribution in [2.45, 2.75) is 23.6 Å². The van der Waals surface area contributed by atoms with Crippen LogP contribution in [0, 0.1) is 0 Å². The number of amides is 1. The number of hydrogen-bond donors (Lipinski definition) is 2. The van der Waals surface area contributed by atoms with E-state index >= 15 is 0 Å². The molecule has 2 aromatic rings. The van der Waals surface area contributed by atoms with Gasteiger partial charge in [0.2, 0.25) is 11.0 Å². The summed E-state index contributed by atoms with van der Waals surface area (Å²) in [5, 5.41) is 15.3. The van der Waals surface area contributed by atoms with Crippen molar-refractivity contribution in [3.05, 3.63) is 16.0 Å². The van der Waals surface area contributed by atoms with Crippen molar-refractivity contribution in [2.24, 2.45) is 0 Å². The summed E-state index contributed by atoms with van der Waals surface area (Å²) in [5.41, 5.74) is 1.53. The van der Waals surface area contributed by atoms with E-state index in [9.17, 15) is 9.59 Å². The van der Waals surface area contributed by atoms with Crippen LogP contribution in [-0.2, 0) is 27.1 Å².